The summed E-state index contributed by atoms with van der Waals surface area (Å²) in [6.45, 7) is 1.95. The molecule has 1 saturated heterocycles. The van der Waals surface area contributed by atoms with Gasteiger partial charge in [-0.3, -0.25) is 14.2 Å². The van der Waals surface area contributed by atoms with E-state index in [1.807, 2.05) is 47.4 Å². The molecule has 0 aliphatic carbocycles. The lowest BCUT2D eigenvalue weighted by atomic mass is 10.0. The maximum atomic E-state index is 13.2. The third kappa shape index (κ3) is 3.40. The van der Waals surface area contributed by atoms with E-state index in [2.05, 4.69) is 4.98 Å². The van der Waals surface area contributed by atoms with Crippen LogP contribution in [-0.2, 0) is 11.3 Å². The van der Waals surface area contributed by atoms with Crippen LogP contribution < -0.4 is 15.0 Å². The molecule has 0 saturated carbocycles. The summed E-state index contributed by atoms with van der Waals surface area (Å²) in [7, 11) is 0. The lowest BCUT2D eigenvalue weighted by Gasteiger charge is -2.26. The molecule has 1 aromatic heterocycles. The van der Waals surface area contributed by atoms with Gasteiger partial charge >= 0.3 is 0 Å². The van der Waals surface area contributed by atoms with E-state index in [9.17, 15) is 9.59 Å². The van der Waals surface area contributed by atoms with E-state index >= 15 is 0 Å². The quantitative estimate of drug-likeness (QED) is 0.670. The van der Waals surface area contributed by atoms with Crippen molar-refractivity contribution in [3.05, 3.63) is 64.6 Å². The first-order valence-corrected chi connectivity index (χ1v) is 10.3. The van der Waals surface area contributed by atoms with Gasteiger partial charge in [-0.15, -0.1) is 0 Å². The van der Waals surface area contributed by atoms with Crippen LogP contribution in [0.2, 0.25) is 0 Å². The Hall–Kier alpha value is -3.35. The Labute approximate surface area is 173 Å². The van der Waals surface area contributed by atoms with Crippen LogP contribution in [0.25, 0.3) is 11.0 Å². The summed E-state index contributed by atoms with van der Waals surface area (Å²) in [5.41, 5.74) is 2.14. The van der Waals surface area contributed by atoms with E-state index in [0.717, 1.165) is 36.3 Å². The van der Waals surface area contributed by atoms with Gasteiger partial charge in [0.05, 0.1) is 36.5 Å². The Morgan fingerprint density at radius 3 is 2.80 bits per heavy atom. The van der Waals surface area contributed by atoms with Crippen LogP contribution in [0.3, 0.4) is 0 Å². The molecule has 7 nitrogen and oxygen atoms in total. The normalized spacial score (nSPS) is 18.4. The molecule has 0 N–H and O–H groups in total. The van der Waals surface area contributed by atoms with Crippen LogP contribution in [0, 0.1) is 0 Å². The number of carbonyl (C=O) groups is 1. The number of likely N-dealkylation sites (tertiary alicyclic amines) is 1. The van der Waals surface area contributed by atoms with Crippen LogP contribution in [0.5, 0.6) is 11.5 Å². The van der Waals surface area contributed by atoms with Crippen molar-refractivity contribution in [2.45, 2.75) is 31.8 Å². The average Bonchev–Trinajstić information content (AvgIpc) is 3.14. The molecule has 0 spiro atoms. The number of fused-ring (bicyclic) bond motifs is 2. The number of aromatic nitrogens is 2. The van der Waals surface area contributed by atoms with Crippen LogP contribution >= 0.6 is 0 Å². The number of ether oxygens (including phenoxy) is 2. The van der Waals surface area contributed by atoms with Crippen molar-refractivity contribution in [2.24, 2.45) is 0 Å². The molecule has 0 unspecified atom stereocenters. The molecule has 5 rings (SSSR count). The van der Waals surface area contributed by atoms with E-state index in [-0.39, 0.29) is 24.1 Å². The van der Waals surface area contributed by atoms with Crippen molar-refractivity contribution in [1.29, 1.82) is 0 Å². The maximum absolute atomic E-state index is 13.2. The first kappa shape index (κ1) is 18.7. The maximum Gasteiger partial charge on any atom is 0.269 e. The Morgan fingerprint density at radius 2 is 1.90 bits per heavy atom. The van der Waals surface area contributed by atoms with Crippen molar-refractivity contribution >= 4 is 16.9 Å². The number of hydrogen-bond acceptors (Lipinski definition) is 5. The fourth-order valence-corrected chi connectivity index (χ4v) is 4.30. The highest BCUT2D eigenvalue weighted by Gasteiger charge is 2.31. The van der Waals surface area contributed by atoms with Gasteiger partial charge in [-0.1, -0.05) is 18.2 Å². The molecule has 3 aromatic rings. The summed E-state index contributed by atoms with van der Waals surface area (Å²) in [6.07, 6.45) is 3.95. The zero-order valence-corrected chi connectivity index (χ0v) is 16.6. The van der Waals surface area contributed by atoms with Gasteiger partial charge < -0.3 is 14.4 Å². The van der Waals surface area contributed by atoms with Crippen molar-refractivity contribution in [2.75, 3.05) is 19.8 Å². The fraction of sp³-hybridized carbons (Fsp3) is 0.348. The standard InChI is InChI=1S/C23H23N3O4/c27-22-14-24-17-5-1-2-6-19(17)26(22)15-23(28)25-10-3-7-18(25)16-8-9-20-21(13-16)30-12-4-11-29-20/h1-2,5-6,8-9,13-14,18H,3-4,7,10-12,15H2/t18-/m0/s1. The molecule has 7 heteroatoms. The topological polar surface area (TPSA) is 73.7 Å². The van der Waals surface area contributed by atoms with E-state index < -0.39 is 0 Å². The zero-order chi connectivity index (χ0) is 20.5. The summed E-state index contributed by atoms with van der Waals surface area (Å²) in [4.78, 5) is 31.7. The largest absolute Gasteiger partial charge is 0.490 e. The van der Waals surface area contributed by atoms with Gasteiger partial charge in [0.15, 0.2) is 11.5 Å². The Bertz CT molecular complexity index is 1160. The monoisotopic (exact) mass is 405 g/mol. The van der Waals surface area contributed by atoms with Gasteiger partial charge in [0.2, 0.25) is 5.91 Å². The molecular weight excluding hydrogens is 382 g/mol. The zero-order valence-electron chi connectivity index (χ0n) is 16.6. The minimum atomic E-state index is -0.270. The van der Waals surface area contributed by atoms with Gasteiger partial charge in [0.1, 0.15) is 6.54 Å². The van der Waals surface area contributed by atoms with Gasteiger partial charge in [-0.25, -0.2) is 4.98 Å². The van der Waals surface area contributed by atoms with Gasteiger partial charge in [0.25, 0.3) is 5.56 Å². The molecule has 3 heterocycles. The summed E-state index contributed by atoms with van der Waals surface area (Å²) >= 11 is 0. The highest BCUT2D eigenvalue weighted by molar-refractivity contribution is 5.80. The van der Waals surface area contributed by atoms with Crippen molar-refractivity contribution in [3.8, 4) is 11.5 Å². The summed E-state index contributed by atoms with van der Waals surface area (Å²) < 4.78 is 13.1. The van der Waals surface area contributed by atoms with Gasteiger partial charge in [-0.05, 0) is 42.7 Å². The molecule has 2 aliphatic heterocycles. The first-order chi connectivity index (χ1) is 14.7. The molecule has 30 heavy (non-hydrogen) atoms. The molecule has 1 fully saturated rings. The van der Waals surface area contributed by atoms with E-state index in [1.165, 1.54) is 10.8 Å². The number of para-hydroxylation sites is 2. The molecular formula is C23H23N3O4. The lowest BCUT2D eigenvalue weighted by molar-refractivity contribution is -0.132. The van der Waals surface area contributed by atoms with Crippen molar-refractivity contribution in [3.63, 3.8) is 0 Å². The minimum Gasteiger partial charge on any atom is -0.490 e. The van der Waals surface area contributed by atoms with Crippen molar-refractivity contribution in [1.82, 2.24) is 14.5 Å². The van der Waals surface area contributed by atoms with Crippen molar-refractivity contribution < 1.29 is 14.3 Å². The number of hydrogen-bond donors (Lipinski definition) is 0. The highest BCUT2D eigenvalue weighted by Crippen LogP contribution is 2.38. The number of benzene rings is 2. The van der Waals surface area contributed by atoms with E-state index in [1.54, 1.807) is 0 Å². The number of carbonyl (C=O) groups excluding carboxylic acids is 1. The second kappa shape index (κ2) is 7.82. The Balaban J connectivity index is 1.42. The van der Waals surface area contributed by atoms with Crippen LogP contribution in [-0.4, -0.2) is 40.1 Å². The SMILES string of the molecule is O=C(Cn1c(=O)cnc2ccccc21)N1CCC[C@H]1c1ccc2c(c1)OCCCO2. The second-order valence-corrected chi connectivity index (χ2v) is 7.67. The van der Waals surface area contributed by atoms with Crippen LogP contribution in [0.1, 0.15) is 30.9 Å². The predicted octanol–water partition coefficient (Wildman–Crippen LogP) is 2.92. The molecule has 0 radical (unpaired) electrons. The number of nitrogens with zero attached hydrogens (tertiary/aromatic N) is 3. The molecule has 154 valence electrons. The fourth-order valence-electron chi connectivity index (χ4n) is 4.30. The number of rotatable bonds is 3. The average molecular weight is 405 g/mol. The first-order valence-electron chi connectivity index (χ1n) is 10.3. The molecule has 2 aliphatic rings. The summed E-state index contributed by atoms with van der Waals surface area (Å²) in [6, 6.07) is 13.3. The third-order valence-electron chi connectivity index (χ3n) is 5.78. The molecule has 0 bridgehead atoms. The smallest absolute Gasteiger partial charge is 0.269 e. The predicted molar refractivity (Wildman–Crippen MR) is 112 cm³/mol. The molecule has 1 atom stereocenters. The number of amides is 1. The molecule has 2 aromatic carbocycles. The lowest BCUT2D eigenvalue weighted by Crippen LogP contribution is -2.36. The van der Waals surface area contributed by atoms with Gasteiger partial charge in [0, 0.05) is 13.0 Å². The summed E-state index contributed by atoms with van der Waals surface area (Å²) in [5.74, 6) is 1.42. The summed E-state index contributed by atoms with van der Waals surface area (Å²) in [5, 5.41) is 0. The third-order valence-corrected chi connectivity index (χ3v) is 5.78. The molecule has 1 amide bonds. The highest BCUT2D eigenvalue weighted by atomic mass is 16.5. The Morgan fingerprint density at radius 1 is 1.07 bits per heavy atom. The van der Waals surface area contributed by atoms with Crippen LogP contribution in [0.15, 0.2) is 53.5 Å². The second-order valence-electron chi connectivity index (χ2n) is 7.67. The van der Waals surface area contributed by atoms with E-state index in [0.29, 0.717) is 30.8 Å². The van der Waals surface area contributed by atoms with E-state index in [4.69, 9.17) is 9.47 Å². The minimum absolute atomic E-state index is 0.00290. The van der Waals surface area contributed by atoms with Crippen LogP contribution in [0.4, 0.5) is 0 Å². The Kier molecular flexibility index (Phi) is 4.86. The van der Waals surface area contributed by atoms with Gasteiger partial charge in [-0.2, -0.15) is 0 Å².